The molecule has 3 amide bonds. The van der Waals surface area contributed by atoms with Crippen molar-refractivity contribution in [2.45, 2.75) is 17.1 Å². The molecule has 6 aromatic carbocycles. The summed E-state index contributed by atoms with van der Waals surface area (Å²) in [7, 11) is 0. The number of hydrogen-bond donors (Lipinski definition) is 3. The van der Waals surface area contributed by atoms with E-state index in [9.17, 15) is 24.0 Å². The van der Waals surface area contributed by atoms with Gasteiger partial charge >= 0.3 is 0 Å². The molecule has 1 aliphatic carbocycles. The van der Waals surface area contributed by atoms with Gasteiger partial charge in [-0.15, -0.1) is 11.8 Å². The second-order valence-electron chi connectivity index (χ2n) is 12.7. The van der Waals surface area contributed by atoms with E-state index in [2.05, 4.69) is 16.0 Å². The summed E-state index contributed by atoms with van der Waals surface area (Å²) in [4.78, 5) is 69.0. The Bertz CT molecular complexity index is 2500. The molecule has 3 N–H and O–H groups in total. The lowest BCUT2D eigenvalue weighted by atomic mass is 9.83. The molecule has 10 heteroatoms. The number of amides is 3. The Hall–Kier alpha value is -7.04. The molecule has 0 heterocycles. The SMILES string of the molecule is CCOc1ccccc1/C=C(/NC(=O)c1ccccc1)C(=O)Nc1cccc(SC(C(=O)Nc2cccc3c2C(=O)c2ccccc2C3=O)c2ccccc2)c1. The van der Waals surface area contributed by atoms with Crippen LogP contribution in [-0.2, 0) is 9.59 Å². The number of hydrogen-bond acceptors (Lipinski definition) is 7. The van der Waals surface area contributed by atoms with Crippen molar-refractivity contribution in [2.75, 3.05) is 17.2 Å². The van der Waals surface area contributed by atoms with E-state index in [0.717, 1.165) is 0 Å². The molecule has 0 radical (unpaired) electrons. The summed E-state index contributed by atoms with van der Waals surface area (Å²) in [6.45, 7) is 2.27. The average molecular weight is 758 g/mol. The fraction of sp³-hybridized carbons (Fsp3) is 0.0652. The summed E-state index contributed by atoms with van der Waals surface area (Å²) in [5.41, 5.74) is 3.33. The van der Waals surface area contributed by atoms with E-state index in [4.69, 9.17) is 4.74 Å². The van der Waals surface area contributed by atoms with E-state index < -0.39 is 23.0 Å². The lowest BCUT2D eigenvalue weighted by Crippen LogP contribution is -2.30. The van der Waals surface area contributed by atoms with E-state index in [1.807, 2.05) is 55.5 Å². The van der Waals surface area contributed by atoms with Crippen LogP contribution in [0.4, 0.5) is 11.4 Å². The van der Waals surface area contributed by atoms with Crippen molar-refractivity contribution < 1.29 is 28.7 Å². The molecule has 1 aliphatic rings. The Kier molecular flexibility index (Phi) is 11.3. The highest BCUT2D eigenvalue weighted by Crippen LogP contribution is 2.39. The van der Waals surface area contributed by atoms with Gasteiger partial charge in [-0.2, -0.15) is 0 Å². The van der Waals surface area contributed by atoms with Gasteiger partial charge in [-0.05, 0) is 61.0 Å². The summed E-state index contributed by atoms with van der Waals surface area (Å²) in [5.74, 6) is -1.52. The highest BCUT2D eigenvalue weighted by Gasteiger charge is 2.33. The van der Waals surface area contributed by atoms with Crippen LogP contribution in [-0.4, -0.2) is 35.9 Å². The van der Waals surface area contributed by atoms with E-state index >= 15 is 0 Å². The molecule has 7 rings (SSSR count). The molecular weight excluding hydrogens is 723 g/mol. The van der Waals surface area contributed by atoms with E-state index in [0.29, 0.717) is 45.2 Å². The van der Waals surface area contributed by atoms with Gasteiger partial charge in [0.2, 0.25) is 5.91 Å². The van der Waals surface area contributed by atoms with Crippen molar-refractivity contribution in [1.82, 2.24) is 5.32 Å². The Balaban J connectivity index is 1.15. The second kappa shape index (κ2) is 17.0. The average Bonchev–Trinajstić information content (AvgIpc) is 3.23. The molecule has 0 saturated heterocycles. The first-order valence-corrected chi connectivity index (χ1v) is 18.7. The molecule has 0 fully saturated rings. The fourth-order valence-electron chi connectivity index (χ4n) is 6.31. The van der Waals surface area contributed by atoms with Gasteiger partial charge in [-0.25, -0.2) is 0 Å². The largest absolute Gasteiger partial charge is 0.493 e. The molecule has 1 atom stereocenters. The summed E-state index contributed by atoms with van der Waals surface area (Å²) in [5, 5.41) is 7.80. The van der Waals surface area contributed by atoms with Crippen LogP contribution in [0.1, 0.15) is 65.5 Å². The number of thioether (sulfide) groups is 1. The number of anilines is 2. The highest BCUT2D eigenvalue weighted by atomic mass is 32.2. The zero-order valence-corrected chi connectivity index (χ0v) is 31.0. The number of fused-ring (bicyclic) bond motifs is 2. The third-order valence-electron chi connectivity index (χ3n) is 8.94. The van der Waals surface area contributed by atoms with Crippen molar-refractivity contribution in [2.24, 2.45) is 0 Å². The third-order valence-corrected chi connectivity index (χ3v) is 10.2. The van der Waals surface area contributed by atoms with Crippen LogP contribution >= 0.6 is 11.8 Å². The van der Waals surface area contributed by atoms with Gasteiger partial charge in [-0.3, -0.25) is 24.0 Å². The Morgan fingerprint density at radius 2 is 1.32 bits per heavy atom. The van der Waals surface area contributed by atoms with Gasteiger partial charge in [0, 0.05) is 38.4 Å². The van der Waals surface area contributed by atoms with Crippen molar-refractivity contribution in [3.8, 4) is 5.75 Å². The summed E-state index contributed by atoms with van der Waals surface area (Å²) in [6, 6.07) is 43.5. The molecule has 0 aliphatic heterocycles. The van der Waals surface area contributed by atoms with Crippen molar-refractivity contribution >= 4 is 58.5 Å². The maximum absolute atomic E-state index is 14.2. The van der Waals surface area contributed by atoms with Crippen molar-refractivity contribution in [3.63, 3.8) is 0 Å². The number of nitrogens with one attached hydrogen (secondary N) is 3. The van der Waals surface area contributed by atoms with E-state index in [-0.39, 0.29) is 39.6 Å². The molecule has 6 aromatic rings. The molecule has 0 spiro atoms. The predicted molar refractivity (Wildman–Crippen MR) is 218 cm³/mol. The number of ketones is 2. The minimum Gasteiger partial charge on any atom is -0.493 e. The Labute approximate surface area is 327 Å². The van der Waals surface area contributed by atoms with Crippen LogP contribution in [0.2, 0.25) is 0 Å². The van der Waals surface area contributed by atoms with Gasteiger partial charge in [0.25, 0.3) is 11.8 Å². The van der Waals surface area contributed by atoms with Crippen LogP contribution in [0.25, 0.3) is 6.08 Å². The number of rotatable bonds is 12. The van der Waals surface area contributed by atoms with Crippen molar-refractivity contribution in [1.29, 1.82) is 0 Å². The molecule has 0 bridgehead atoms. The van der Waals surface area contributed by atoms with Gasteiger partial charge in [0.05, 0.1) is 17.9 Å². The highest BCUT2D eigenvalue weighted by molar-refractivity contribution is 8.00. The first-order valence-electron chi connectivity index (χ1n) is 17.9. The molecule has 276 valence electrons. The number of carbonyl (C=O) groups is 5. The zero-order chi connectivity index (χ0) is 39.0. The zero-order valence-electron chi connectivity index (χ0n) is 30.2. The topological polar surface area (TPSA) is 131 Å². The predicted octanol–water partition coefficient (Wildman–Crippen LogP) is 8.74. The van der Waals surface area contributed by atoms with Crippen LogP contribution in [0.5, 0.6) is 5.75 Å². The smallest absolute Gasteiger partial charge is 0.272 e. The summed E-state index contributed by atoms with van der Waals surface area (Å²) < 4.78 is 5.77. The van der Waals surface area contributed by atoms with Crippen LogP contribution in [0.15, 0.2) is 162 Å². The van der Waals surface area contributed by atoms with Crippen LogP contribution in [0, 0.1) is 0 Å². The minimum atomic E-state index is -0.796. The lowest BCUT2D eigenvalue weighted by molar-refractivity contribution is -0.116. The molecule has 56 heavy (non-hydrogen) atoms. The van der Waals surface area contributed by atoms with Gasteiger partial charge in [0.15, 0.2) is 11.6 Å². The number of benzene rings is 6. The van der Waals surface area contributed by atoms with E-state index in [1.165, 1.54) is 11.8 Å². The maximum atomic E-state index is 14.2. The normalized spacial score (nSPS) is 12.5. The van der Waals surface area contributed by atoms with E-state index in [1.54, 1.807) is 109 Å². The van der Waals surface area contributed by atoms with Crippen LogP contribution < -0.4 is 20.7 Å². The lowest BCUT2D eigenvalue weighted by Gasteiger charge is -2.22. The quantitative estimate of drug-likeness (QED) is 0.0840. The van der Waals surface area contributed by atoms with Gasteiger partial charge < -0.3 is 20.7 Å². The molecular formula is C46H35N3O6S. The summed E-state index contributed by atoms with van der Waals surface area (Å²) >= 11 is 1.25. The first-order chi connectivity index (χ1) is 27.3. The third kappa shape index (κ3) is 8.20. The molecule has 9 nitrogen and oxygen atoms in total. The standard InChI is InChI=1S/C46H35N3O6S/c1-2-55-39-26-12-9-19-31(39)27-38(49-44(52)30-17-7-4-8-18-30)45(53)47-32-20-13-21-33(28-32)56-43(29-15-5-3-6-16-29)46(54)48-37-25-14-24-36-40(37)42(51)35-23-11-10-22-34(35)41(36)50/h3-28,43H,2H2,1H3,(H,47,53)(H,48,54)(H,49,52)/b38-27+. The Morgan fingerprint density at radius 3 is 2.07 bits per heavy atom. The van der Waals surface area contributed by atoms with Crippen LogP contribution in [0.3, 0.4) is 0 Å². The molecule has 1 unspecified atom stereocenters. The summed E-state index contributed by atoms with van der Waals surface area (Å²) in [6.07, 6.45) is 1.56. The fourth-order valence-corrected chi connectivity index (χ4v) is 7.40. The Morgan fingerprint density at radius 1 is 0.679 bits per heavy atom. The van der Waals surface area contributed by atoms with Gasteiger partial charge in [0.1, 0.15) is 16.7 Å². The van der Waals surface area contributed by atoms with Crippen molar-refractivity contribution in [3.05, 3.63) is 196 Å². The monoisotopic (exact) mass is 757 g/mol. The molecule has 0 saturated carbocycles. The number of para-hydroxylation sites is 1. The maximum Gasteiger partial charge on any atom is 0.272 e. The van der Waals surface area contributed by atoms with Gasteiger partial charge in [-0.1, -0.05) is 109 Å². The number of carbonyl (C=O) groups excluding carboxylic acids is 5. The second-order valence-corrected chi connectivity index (χ2v) is 13.8. The first kappa shape index (κ1) is 37.3. The molecule has 0 aromatic heterocycles. The number of ether oxygens (including phenoxy) is 1. The minimum absolute atomic E-state index is 0.00699.